The van der Waals surface area contributed by atoms with Crippen LogP contribution in [0.25, 0.3) is 10.9 Å². The Balaban J connectivity index is 1.26. The van der Waals surface area contributed by atoms with Crippen LogP contribution in [0.1, 0.15) is 46.1 Å². The third-order valence-corrected chi connectivity index (χ3v) is 7.02. The molecule has 1 fully saturated rings. The van der Waals surface area contributed by atoms with Crippen molar-refractivity contribution in [1.29, 1.82) is 0 Å². The summed E-state index contributed by atoms with van der Waals surface area (Å²) in [6.07, 6.45) is -2.00. The third kappa shape index (κ3) is 4.58. The molecule has 2 aromatic carbocycles. The maximum atomic E-state index is 12.8. The minimum absolute atomic E-state index is 0.0933. The normalized spacial score (nSPS) is 18.9. The Morgan fingerprint density at radius 2 is 1.77 bits per heavy atom. The van der Waals surface area contributed by atoms with Gasteiger partial charge in [0.05, 0.1) is 5.56 Å². The molecule has 1 aromatic heterocycles. The number of aromatic nitrogens is 1. The van der Waals surface area contributed by atoms with Gasteiger partial charge in [-0.15, -0.1) is 0 Å². The number of hydrogen-bond acceptors (Lipinski definition) is 3. The lowest BCUT2D eigenvalue weighted by molar-refractivity contribution is -0.137. The number of hydrogen-bond donors (Lipinski definition) is 4. The first-order valence-corrected chi connectivity index (χ1v) is 11.6. The highest BCUT2D eigenvalue weighted by molar-refractivity contribution is 5.98. The van der Waals surface area contributed by atoms with Gasteiger partial charge in [-0.3, -0.25) is 4.79 Å². The molecule has 10 heteroatoms. The zero-order chi connectivity index (χ0) is 24.7. The lowest BCUT2D eigenvalue weighted by Gasteiger charge is -2.38. The highest BCUT2D eigenvalue weighted by atomic mass is 19.4. The number of aromatic amines is 1. The van der Waals surface area contributed by atoms with E-state index in [-0.39, 0.29) is 12.1 Å². The number of nitrogens with zero attached hydrogens (tertiary/aromatic N) is 1. The molecular weight excluding hydrogens is 459 g/mol. The number of nitrogens with one attached hydrogen (secondary N) is 3. The molecule has 5 rings (SSSR count). The number of carbonyl (C=O) groups excluding carboxylic acids is 2. The lowest BCUT2D eigenvalue weighted by Crippen LogP contribution is -2.44. The van der Waals surface area contributed by atoms with E-state index in [0.29, 0.717) is 30.3 Å². The molecule has 35 heavy (non-hydrogen) atoms. The molecule has 184 valence electrons. The number of urea groups is 1. The number of halogens is 3. The van der Waals surface area contributed by atoms with Gasteiger partial charge in [0.15, 0.2) is 0 Å². The fourth-order valence-electron chi connectivity index (χ4n) is 5.21. The minimum Gasteiger partial charge on any atom is -0.366 e. The van der Waals surface area contributed by atoms with Gasteiger partial charge >= 0.3 is 12.2 Å². The predicted molar refractivity (Wildman–Crippen MR) is 126 cm³/mol. The van der Waals surface area contributed by atoms with E-state index in [2.05, 4.69) is 15.6 Å². The lowest BCUT2D eigenvalue weighted by atomic mass is 9.82. The number of benzene rings is 2. The van der Waals surface area contributed by atoms with Gasteiger partial charge in [0, 0.05) is 59.9 Å². The summed E-state index contributed by atoms with van der Waals surface area (Å²) >= 11 is 0. The Hall–Kier alpha value is -3.53. The van der Waals surface area contributed by atoms with Crippen LogP contribution in [0.3, 0.4) is 0 Å². The van der Waals surface area contributed by atoms with Gasteiger partial charge < -0.3 is 26.3 Å². The molecule has 3 heterocycles. The number of nitrogens with two attached hydrogens (primary N) is 1. The number of H-pyrrole nitrogens is 1. The summed E-state index contributed by atoms with van der Waals surface area (Å²) in [6, 6.07) is 9.67. The summed E-state index contributed by atoms with van der Waals surface area (Å²) in [7, 11) is 0. The molecule has 0 bridgehead atoms. The first kappa shape index (κ1) is 23.2. The van der Waals surface area contributed by atoms with Crippen molar-refractivity contribution in [3.63, 3.8) is 0 Å². The van der Waals surface area contributed by atoms with E-state index in [1.165, 1.54) is 17.7 Å². The summed E-state index contributed by atoms with van der Waals surface area (Å²) in [5.41, 5.74) is 8.84. The molecule has 7 nitrogen and oxygen atoms in total. The molecule has 1 atom stereocenters. The molecule has 1 saturated heterocycles. The maximum Gasteiger partial charge on any atom is 0.416 e. The van der Waals surface area contributed by atoms with Crippen molar-refractivity contribution in [2.24, 2.45) is 11.7 Å². The molecule has 2 aliphatic heterocycles. The van der Waals surface area contributed by atoms with Crippen molar-refractivity contribution in [1.82, 2.24) is 15.2 Å². The van der Waals surface area contributed by atoms with Crippen LogP contribution in [-0.4, -0.2) is 41.5 Å². The Bertz CT molecular complexity index is 1260. The van der Waals surface area contributed by atoms with Gasteiger partial charge in [-0.2, -0.15) is 13.2 Å². The van der Waals surface area contributed by atoms with Gasteiger partial charge in [0.1, 0.15) is 0 Å². The van der Waals surface area contributed by atoms with E-state index in [4.69, 9.17) is 5.73 Å². The summed E-state index contributed by atoms with van der Waals surface area (Å²) in [5.74, 6) is -0.171. The van der Waals surface area contributed by atoms with Gasteiger partial charge in [-0.1, -0.05) is 0 Å². The average Bonchev–Trinajstić information content (AvgIpc) is 3.22. The van der Waals surface area contributed by atoms with Gasteiger partial charge in [-0.25, -0.2) is 4.79 Å². The molecule has 1 unspecified atom stereocenters. The van der Waals surface area contributed by atoms with Crippen LogP contribution < -0.4 is 16.4 Å². The van der Waals surface area contributed by atoms with Crippen molar-refractivity contribution in [2.45, 2.75) is 31.5 Å². The second kappa shape index (κ2) is 8.92. The number of anilines is 1. The van der Waals surface area contributed by atoms with Crippen molar-refractivity contribution in [3.05, 3.63) is 64.8 Å². The molecule has 3 amide bonds. The van der Waals surface area contributed by atoms with E-state index < -0.39 is 17.6 Å². The topological polar surface area (TPSA) is 103 Å². The number of likely N-dealkylation sites (tertiary alicyclic amines) is 1. The zero-order valence-corrected chi connectivity index (χ0v) is 18.9. The van der Waals surface area contributed by atoms with Crippen LogP contribution in [0.4, 0.5) is 23.7 Å². The van der Waals surface area contributed by atoms with Crippen LogP contribution in [0.2, 0.25) is 0 Å². The third-order valence-electron chi connectivity index (χ3n) is 7.02. The molecule has 0 saturated carbocycles. The largest absolute Gasteiger partial charge is 0.416 e. The molecule has 0 aliphatic carbocycles. The van der Waals surface area contributed by atoms with Crippen molar-refractivity contribution in [3.8, 4) is 0 Å². The SMILES string of the molecule is NC(=O)c1ccc2[nH]c3c(c2c1)C(C1CCN(C(=O)Nc2ccc(C(F)(F)F)cc2)CC1)NCC3. The van der Waals surface area contributed by atoms with Crippen molar-refractivity contribution >= 4 is 28.5 Å². The van der Waals surface area contributed by atoms with E-state index in [9.17, 15) is 22.8 Å². The number of piperidine rings is 1. The predicted octanol–water partition coefficient (Wildman–Crippen LogP) is 4.42. The van der Waals surface area contributed by atoms with Crippen LogP contribution in [0, 0.1) is 5.92 Å². The summed E-state index contributed by atoms with van der Waals surface area (Å²) in [4.78, 5) is 29.6. The smallest absolute Gasteiger partial charge is 0.366 e. The monoisotopic (exact) mass is 485 g/mol. The molecule has 0 radical (unpaired) electrons. The number of fused-ring (bicyclic) bond motifs is 3. The van der Waals surface area contributed by atoms with Crippen LogP contribution in [0.5, 0.6) is 0 Å². The van der Waals surface area contributed by atoms with Crippen molar-refractivity contribution < 1.29 is 22.8 Å². The Kier molecular flexibility index (Phi) is 5.92. The van der Waals surface area contributed by atoms with E-state index in [0.717, 1.165) is 54.5 Å². The first-order chi connectivity index (χ1) is 16.7. The van der Waals surface area contributed by atoms with Crippen LogP contribution in [-0.2, 0) is 12.6 Å². The summed E-state index contributed by atoms with van der Waals surface area (Å²) in [6.45, 7) is 1.92. The average molecular weight is 486 g/mol. The number of alkyl halides is 3. The van der Waals surface area contributed by atoms with Gasteiger partial charge in [-0.05, 0) is 66.8 Å². The zero-order valence-electron chi connectivity index (χ0n) is 18.9. The van der Waals surface area contributed by atoms with Crippen molar-refractivity contribution in [2.75, 3.05) is 25.0 Å². The van der Waals surface area contributed by atoms with Gasteiger partial charge in [0.2, 0.25) is 5.91 Å². The van der Waals surface area contributed by atoms with E-state index >= 15 is 0 Å². The minimum atomic E-state index is -4.41. The highest BCUT2D eigenvalue weighted by Crippen LogP contribution is 2.39. The van der Waals surface area contributed by atoms with Crippen LogP contribution >= 0.6 is 0 Å². The number of carbonyl (C=O) groups is 2. The molecular formula is C25H26F3N5O2. The molecule has 3 aromatic rings. The Labute approximate surface area is 199 Å². The fourth-order valence-corrected chi connectivity index (χ4v) is 5.21. The summed E-state index contributed by atoms with van der Waals surface area (Å²) in [5, 5.41) is 7.31. The number of primary amides is 1. The van der Waals surface area contributed by atoms with Gasteiger partial charge in [0.25, 0.3) is 0 Å². The first-order valence-electron chi connectivity index (χ1n) is 11.6. The number of rotatable bonds is 3. The van der Waals surface area contributed by atoms with Crippen LogP contribution in [0.15, 0.2) is 42.5 Å². The quantitative estimate of drug-likeness (QED) is 0.442. The second-order valence-electron chi connectivity index (χ2n) is 9.15. The molecule has 0 spiro atoms. The fraction of sp³-hybridized carbons (Fsp3) is 0.360. The maximum absolute atomic E-state index is 12.8. The number of amides is 3. The molecule has 2 aliphatic rings. The Morgan fingerprint density at radius 3 is 2.43 bits per heavy atom. The molecule has 5 N–H and O–H groups in total. The standard InChI is InChI=1S/C25H26F3N5O2/c26-25(27,28)16-2-4-17(5-3-16)31-24(35)33-11-8-14(9-12-33)22-21-18-13-15(23(29)34)1-6-19(18)32-20(21)7-10-30-22/h1-6,13-14,22,30,32H,7-12H2,(H2,29,34)(H,31,35). The highest BCUT2D eigenvalue weighted by Gasteiger charge is 2.34. The second-order valence-corrected chi connectivity index (χ2v) is 9.15. The van der Waals surface area contributed by atoms with E-state index in [1.54, 1.807) is 11.0 Å². The summed E-state index contributed by atoms with van der Waals surface area (Å²) < 4.78 is 38.3. The van der Waals surface area contributed by atoms with E-state index in [1.807, 2.05) is 12.1 Å². The Morgan fingerprint density at radius 1 is 1.06 bits per heavy atom.